The van der Waals surface area contributed by atoms with Gasteiger partial charge in [-0.25, -0.2) is 13.2 Å². The van der Waals surface area contributed by atoms with Crippen LogP contribution in [0.4, 0.5) is 4.79 Å². The fraction of sp³-hybridized carbons (Fsp3) is 0.588. The van der Waals surface area contributed by atoms with Gasteiger partial charge in [0.2, 0.25) is 10.0 Å². The van der Waals surface area contributed by atoms with Crippen molar-refractivity contribution in [3.8, 4) is 0 Å². The summed E-state index contributed by atoms with van der Waals surface area (Å²) in [5.41, 5.74) is 0.811. The van der Waals surface area contributed by atoms with Crippen molar-refractivity contribution >= 4 is 16.1 Å². The molecule has 0 radical (unpaired) electrons. The van der Waals surface area contributed by atoms with Crippen LogP contribution in [-0.2, 0) is 15.4 Å². The van der Waals surface area contributed by atoms with E-state index < -0.39 is 10.0 Å². The molecule has 2 aliphatic heterocycles. The van der Waals surface area contributed by atoms with E-state index in [-0.39, 0.29) is 17.0 Å². The fourth-order valence-electron chi connectivity index (χ4n) is 3.31. The lowest BCUT2D eigenvalue weighted by Gasteiger charge is -2.37. The Bertz CT molecular complexity index is 727. The number of benzene rings is 1. The summed E-state index contributed by atoms with van der Waals surface area (Å²) < 4.78 is 27.2. The Morgan fingerprint density at radius 2 is 1.67 bits per heavy atom. The molecule has 7 heteroatoms. The molecule has 3 rings (SSSR count). The first-order valence-electron chi connectivity index (χ1n) is 8.29. The van der Waals surface area contributed by atoms with Crippen LogP contribution in [0.25, 0.3) is 0 Å². The van der Waals surface area contributed by atoms with Gasteiger partial charge >= 0.3 is 6.03 Å². The minimum Gasteiger partial charge on any atom is -0.336 e. The van der Waals surface area contributed by atoms with E-state index in [1.54, 1.807) is 12.1 Å². The molecule has 2 N–H and O–H groups in total. The van der Waals surface area contributed by atoms with Gasteiger partial charge in [0.15, 0.2) is 0 Å². The smallest absolute Gasteiger partial charge is 0.315 e. The van der Waals surface area contributed by atoms with E-state index in [1.165, 1.54) is 4.31 Å². The third kappa shape index (κ3) is 3.15. The highest BCUT2D eigenvalue weighted by Gasteiger charge is 2.42. The molecule has 132 valence electrons. The molecule has 1 spiro atoms. The number of nitrogens with one attached hydrogen (secondary N) is 2. The molecule has 2 heterocycles. The number of sulfonamides is 1. The Labute approximate surface area is 143 Å². The van der Waals surface area contributed by atoms with Gasteiger partial charge in [0, 0.05) is 19.6 Å². The van der Waals surface area contributed by atoms with Crippen molar-refractivity contribution in [3.05, 3.63) is 29.8 Å². The summed E-state index contributed by atoms with van der Waals surface area (Å²) >= 11 is 0. The summed E-state index contributed by atoms with van der Waals surface area (Å²) in [6.07, 6.45) is 1.26. The molecule has 2 aliphatic rings. The van der Waals surface area contributed by atoms with Crippen molar-refractivity contribution < 1.29 is 13.2 Å². The second-order valence-electron chi connectivity index (χ2n) is 7.77. The summed E-state index contributed by atoms with van der Waals surface area (Å²) in [5, 5.41) is 5.70. The average Bonchev–Trinajstić information content (AvgIpc) is 2.87. The second kappa shape index (κ2) is 5.74. The minimum atomic E-state index is -3.48. The van der Waals surface area contributed by atoms with Crippen LogP contribution in [-0.4, -0.2) is 43.9 Å². The van der Waals surface area contributed by atoms with Crippen molar-refractivity contribution in [2.45, 2.75) is 49.5 Å². The quantitative estimate of drug-likeness (QED) is 0.853. The molecule has 2 amide bonds. The molecule has 6 nitrogen and oxygen atoms in total. The molecule has 24 heavy (non-hydrogen) atoms. The lowest BCUT2D eigenvalue weighted by molar-refractivity contribution is 0.216. The van der Waals surface area contributed by atoms with Gasteiger partial charge in [-0.05, 0) is 36.0 Å². The normalized spacial score (nSPS) is 21.5. The lowest BCUT2D eigenvalue weighted by Crippen LogP contribution is -2.53. The zero-order valence-corrected chi connectivity index (χ0v) is 15.2. The molecule has 0 atom stereocenters. The van der Waals surface area contributed by atoms with Crippen LogP contribution in [0.15, 0.2) is 29.2 Å². The number of urea groups is 1. The first-order chi connectivity index (χ1) is 11.1. The lowest BCUT2D eigenvalue weighted by atomic mass is 9.87. The molecule has 0 unspecified atom stereocenters. The topological polar surface area (TPSA) is 78.5 Å². The molecule has 0 aromatic heterocycles. The van der Waals surface area contributed by atoms with Crippen LogP contribution in [0, 0.1) is 0 Å². The number of hydrogen-bond donors (Lipinski definition) is 2. The highest BCUT2D eigenvalue weighted by molar-refractivity contribution is 7.89. The predicted molar refractivity (Wildman–Crippen MR) is 92.4 cm³/mol. The molecule has 0 bridgehead atoms. The summed E-state index contributed by atoms with van der Waals surface area (Å²) in [7, 11) is -3.48. The molecule has 2 fully saturated rings. The summed E-state index contributed by atoms with van der Waals surface area (Å²) in [4.78, 5) is 11.7. The van der Waals surface area contributed by atoms with Crippen molar-refractivity contribution in [1.82, 2.24) is 14.9 Å². The maximum Gasteiger partial charge on any atom is 0.315 e. The average molecular weight is 351 g/mol. The van der Waals surface area contributed by atoms with Gasteiger partial charge in [-0.3, -0.25) is 0 Å². The summed E-state index contributed by atoms with van der Waals surface area (Å²) in [5.74, 6) is 0. The van der Waals surface area contributed by atoms with Crippen LogP contribution >= 0.6 is 0 Å². The molecule has 0 aliphatic carbocycles. The van der Waals surface area contributed by atoms with Gasteiger partial charge in [0.05, 0.1) is 10.4 Å². The third-order valence-electron chi connectivity index (χ3n) is 5.00. The first kappa shape index (κ1) is 17.2. The van der Waals surface area contributed by atoms with Crippen LogP contribution in [0.1, 0.15) is 39.2 Å². The Kier molecular flexibility index (Phi) is 4.12. The van der Waals surface area contributed by atoms with E-state index in [1.807, 2.05) is 12.1 Å². The van der Waals surface area contributed by atoms with E-state index >= 15 is 0 Å². The van der Waals surface area contributed by atoms with Gasteiger partial charge < -0.3 is 10.6 Å². The van der Waals surface area contributed by atoms with Crippen LogP contribution in [0.2, 0.25) is 0 Å². The van der Waals surface area contributed by atoms with E-state index in [9.17, 15) is 13.2 Å². The van der Waals surface area contributed by atoms with Gasteiger partial charge in [0.1, 0.15) is 0 Å². The van der Waals surface area contributed by atoms with Gasteiger partial charge in [-0.1, -0.05) is 32.9 Å². The van der Waals surface area contributed by atoms with Gasteiger partial charge in [0.25, 0.3) is 0 Å². The zero-order valence-electron chi connectivity index (χ0n) is 14.4. The maximum atomic E-state index is 12.8. The summed E-state index contributed by atoms with van der Waals surface area (Å²) in [6, 6.07) is 7.00. The van der Waals surface area contributed by atoms with E-state index in [0.29, 0.717) is 37.4 Å². The van der Waals surface area contributed by atoms with Crippen molar-refractivity contribution in [2.24, 2.45) is 0 Å². The van der Waals surface area contributed by atoms with Crippen molar-refractivity contribution in [1.29, 1.82) is 0 Å². The maximum absolute atomic E-state index is 12.8. The SMILES string of the molecule is CC(C)(C)c1ccc(S(=O)(=O)N2CCC3(CC2)CNC(=O)N3)cc1. The van der Waals surface area contributed by atoms with Crippen molar-refractivity contribution in [2.75, 3.05) is 19.6 Å². The first-order valence-corrected chi connectivity index (χ1v) is 9.73. The van der Waals surface area contributed by atoms with Crippen LogP contribution in [0.5, 0.6) is 0 Å². The Hall–Kier alpha value is -1.60. The molecule has 2 saturated heterocycles. The number of piperidine rings is 1. The largest absolute Gasteiger partial charge is 0.336 e. The standard InChI is InChI=1S/C17H25N3O3S/c1-16(2,3)13-4-6-14(7-5-13)24(22,23)20-10-8-17(9-11-20)12-18-15(21)19-17/h4-7H,8-12H2,1-3H3,(H2,18,19,21). The predicted octanol–water partition coefficient (Wildman–Crippen LogP) is 1.82. The van der Waals surface area contributed by atoms with Crippen LogP contribution in [0.3, 0.4) is 0 Å². The van der Waals surface area contributed by atoms with Gasteiger partial charge in [-0.2, -0.15) is 4.31 Å². The monoisotopic (exact) mass is 351 g/mol. The van der Waals surface area contributed by atoms with Crippen molar-refractivity contribution in [3.63, 3.8) is 0 Å². The highest BCUT2D eigenvalue weighted by Crippen LogP contribution is 2.29. The number of carbonyl (C=O) groups is 1. The fourth-order valence-corrected chi connectivity index (χ4v) is 4.75. The second-order valence-corrected chi connectivity index (χ2v) is 9.70. The number of carbonyl (C=O) groups excluding carboxylic acids is 1. The van der Waals surface area contributed by atoms with Crippen LogP contribution < -0.4 is 10.6 Å². The molecular formula is C17H25N3O3S. The molecule has 1 aromatic rings. The van der Waals surface area contributed by atoms with E-state index in [0.717, 1.165) is 5.56 Å². The number of nitrogens with zero attached hydrogens (tertiary/aromatic N) is 1. The minimum absolute atomic E-state index is 0.00647. The van der Waals surface area contributed by atoms with Gasteiger partial charge in [-0.15, -0.1) is 0 Å². The summed E-state index contributed by atoms with van der Waals surface area (Å²) in [6.45, 7) is 7.72. The number of hydrogen-bond acceptors (Lipinski definition) is 3. The number of rotatable bonds is 2. The van der Waals surface area contributed by atoms with E-state index in [2.05, 4.69) is 31.4 Å². The molecule has 1 aromatic carbocycles. The zero-order chi connectivity index (χ0) is 17.6. The highest BCUT2D eigenvalue weighted by atomic mass is 32.2. The Balaban J connectivity index is 1.74. The van der Waals surface area contributed by atoms with E-state index in [4.69, 9.17) is 0 Å². The molecular weight excluding hydrogens is 326 g/mol. The number of amides is 2. The molecule has 0 saturated carbocycles. The Morgan fingerprint density at radius 3 is 2.12 bits per heavy atom. The Morgan fingerprint density at radius 1 is 1.08 bits per heavy atom. The third-order valence-corrected chi connectivity index (χ3v) is 6.92.